The monoisotopic (exact) mass is 313 g/mol. The van der Waals surface area contributed by atoms with Gasteiger partial charge in [-0.05, 0) is 30.3 Å². The molecule has 118 valence electrons. The standard InChI is InChI=1S/C16H15N3O4/c1-18(2)13-7-5-12(6-8-13)4-3-11-17-16(20)14-9-10-15(23-14)19(21)22/h5-10H,11H2,1-2H3,(H,17,20). The zero-order valence-corrected chi connectivity index (χ0v) is 12.7. The predicted octanol–water partition coefficient (Wildman–Crippen LogP) is 2.04. The summed E-state index contributed by atoms with van der Waals surface area (Å²) in [5, 5.41) is 13.0. The Morgan fingerprint density at radius 1 is 1.26 bits per heavy atom. The van der Waals surface area contributed by atoms with Crippen LogP contribution in [0.15, 0.2) is 40.8 Å². The van der Waals surface area contributed by atoms with Gasteiger partial charge in [0, 0.05) is 25.3 Å². The molecule has 2 rings (SSSR count). The highest BCUT2D eigenvalue weighted by Gasteiger charge is 2.16. The molecule has 23 heavy (non-hydrogen) atoms. The molecule has 0 radical (unpaired) electrons. The number of hydrogen-bond acceptors (Lipinski definition) is 5. The zero-order chi connectivity index (χ0) is 16.8. The van der Waals surface area contributed by atoms with Crippen molar-refractivity contribution in [2.24, 2.45) is 0 Å². The van der Waals surface area contributed by atoms with Crippen LogP contribution in [0.3, 0.4) is 0 Å². The number of nitro groups is 1. The maximum absolute atomic E-state index is 11.7. The first-order valence-corrected chi connectivity index (χ1v) is 6.76. The Hall–Kier alpha value is -3.27. The van der Waals surface area contributed by atoms with Crippen LogP contribution in [0.4, 0.5) is 11.6 Å². The molecule has 1 aromatic heterocycles. The van der Waals surface area contributed by atoms with Crippen molar-refractivity contribution in [3.05, 3.63) is 57.8 Å². The number of hydrogen-bond donors (Lipinski definition) is 1. The first-order chi connectivity index (χ1) is 11.0. The molecule has 7 heteroatoms. The summed E-state index contributed by atoms with van der Waals surface area (Å²) >= 11 is 0. The fraction of sp³-hybridized carbons (Fsp3) is 0.188. The number of carbonyl (C=O) groups excluding carboxylic acids is 1. The van der Waals surface area contributed by atoms with Crippen molar-refractivity contribution >= 4 is 17.5 Å². The number of carbonyl (C=O) groups is 1. The summed E-state index contributed by atoms with van der Waals surface area (Å²) in [4.78, 5) is 23.5. The Morgan fingerprint density at radius 3 is 2.52 bits per heavy atom. The molecule has 0 bridgehead atoms. The van der Waals surface area contributed by atoms with E-state index in [2.05, 4.69) is 17.2 Å². The summed E-state index contributed by atoms with van der Waals surface area (Å²) in [7, 11) is 3.91. The van der Waals surface area contributed by atoms with Crippen molar-refractivity contribution in [3.8, 4) is 11.8 Å². The molecule has 0 aliphatic heterocycles. The Labute approximate surface area is 133 Å². The summed E-state index contributed by atoms with van der Waals surface area (Å²) in [5.41, 5.74) is 1.90. The van der Waals surface area contributed by atoms with Gasteiger partial charge in [0.2, 0.25) is 0 Å². The molecule has 0 aliphatic rings. The quantitative estimate of drug-likeness (QED) is 0.530. The number of rotatable bonds is 4. The number of nitrogens with one attached hydrogen (secondary N) is 1. The van der Waals surface area contributed by atoms with Gasteiger partial charge in [-0.3, -0.25) is 14.9 Å². The maximum Gasteiger partial charge on any atom is 0.433 e. The Kier molecular flexibility index (Phi) is 5.00. The van der Waals surface area contributed by atoms with E-state index < -0.39 is 16.7 Å². The Bertz CT molecular complexity index is 767. The van der Waals surface area contributed by atoms with Gasteiger partial charge in [-0.15, -0.1) is 0 Å². The van der Waals surface area contributed by atoms with Crippen LogP contribution in [0.5, 0.6) is 0 Å². The van der Waals surface area contributed by atoms with Crippen molar-refractivity contribution < 1.29 is 14.1 Å². The summed E-state index contributed by atoms with van der Waals surface area (Å²) in [6.07, 6.45) is 0. The average molecular weight is 313 g/mol. The second kappa shape index (κ2) is 7.13. The molecule has 1 N–H and O–H groups in total. The van der Waals surface area contributed by atoms with Crippen molar-refractivity contribution in [1.29, 1.82) is 0 Å². The van der Waals surface area contributed by atoms with E-state index in [0.717, 1.165) is 17.3 Å². The highest BCUT2D eigenvalue weighted by Crippen LogP contribution is 2.15. The predicted molar refractivity (Wildman–Crippen MR) is 85.3 cm³/mol. The van der Waals surface area contributed by atoms with Gasteiger partial charge in [-0.1, -0.05) is 11.8 Å². The lowest BCUT2D eigenvalue weighted by molar-refractivity contribution is -0.402. The number of anilines is 1. The van der Waals surface area contributed by atoms with Crippen LogP contribution >= 0.6 is 0 Å². The molecule has 1 aromatic carbocycles. The molecule has 0 aliphatic carbocycles. The van der Waals surface area contributed by atoms with Gasteiger partial charge in [-0.2, -0.15) is 0 Å². The molecule has 0 atom stereocenters. The minimum Gasteiger partial charge on any atom is -0.395 e. The van der Waals surface area contributed by atoms with Gasteiger partial charge in [0.25, 0.3) is 5.91 Å². The first-order valence-electron chi connectivity index (χ1n) is 6.76. The van der Waals surface area contributed by atoms with E-state index in [1.807, 2.05) is 43.3 Å². The molecule has 7 nitrogen and oxygen atoms in total. The first kappa shape index (κ1) is 16.1. The van der Waals surface area contributed by atoms with Gasteiger partial charge in [0.15, 0.2) is 5.76 Å². The topological polar surface area (TPSA) is 88.6 Å². The molecule has 0 spiro atoms. The minimum atomic E-state index is -0.700. The smallest absolute Gasteiger partial charge is 0.395 e. The van der Waals surface area contributed by atoms with E-state index in [4.69, 9.17) is 4.42 Å². The van der Waals surface area contributed by atoms with E-state index in [-0.39, 0.29) is 12.3 Å². The summed E-state index contributed by atoms with van der Waals surface area (Å²) in [6, 6.07) is 10.1. The maximum atomic E-state index is 11.7. The van der Waals surface area contributed by atoms with Crippen molar-refractivity contribution in [2.75, 3.05) is 25.5 Å². The SMILES string of the molecule is CN(C)c1ccc(C#CCNC(=O)c2ccc([N+](=O)[O-])o2)cc1. The molecule has 0 saturated heterocycles. The third kappa shape index (κ3) is 4.35. The second-order valence-corrected chi connectivity index (χ2v) is 4.82. The normalized spacial score (nSPS) is 9.65. The third-order valence-corrected chi connectivity index (χ3v) is 2.95. The fourth-order valence-electron chi connectivity index (χ4n) is 1.75. The van der Waals surface area contributed by atoms with E-state index in [1.54, 1.807) is 0 Å². The average Bonchev–Trinajstić information content (AvgIpc) is 3.02. The number of amides is 1. The lowest BCUT2D eigenvalue weighted by atomic mass is 10.2. The van der Waals surface area contributed by atoms with E-state index in [0.29, 0.717) is 0 Å². The molecule has 0 fully saturated rings. The largest absolute Gasteiger partial charge is 0.433 e. The van der Waals surface area contributed by atoms with Crippen molar-refractivity contribution in [1.82, 2.24) is 5.32 Å². The minimum absolute atomic E-state index is 0.114. The lowest BCUT2D eigenvalue weighted by Crippen LogP contribution is -2.23. The second-order valence-electron chi connectivity index (χ2n) is 4.82. The summed E-state index contributed by atoms with van der Waals surface area (Å²) in [6.45, 7) is 0.114. The van der Waals surface area contributed by atoms with E-state index in [1.165, 1.54) is 6.07 Å². The molecule has 1 amide bonds. The van der Waals surface area contributed by atoms with Crippen LogP contribution in [-0.2, 0) is 0 Å². The molecular formula is C16H15N3O4. The molecule has 1 heterocycles. The van der Waals surface area contributed by atoms with Crippen LogP contribution in [0.2, 0.25) is 0 Å². The summed E-state index contributed by atoms with van der Waals surface area (Å²) in [5.74, 6) is 4.60. The van der Waals surface area contributed by atoms with E-state index >= 15 is 0 Å². The number of furan rings is 1. The highest BCUT2D eigenvalue weighted by molar-refractivity contribution is 5.91. The summed E-state index contributed by atoms with van der Waals surface area (Å²) < 4.78 is 4.79. The fourth-order valence-corrected chi connectivity index (χ4v) is 1.75. The molecule has 0 unspecified atom stereocenters. The van der Waals surface area contributed by atoms with Crippen molar-refractivity contribution in [2.45, 2.75) is 0 Å². The van der Waals surface area contributed by atoms with Crippen LogP contribution in [-0.4, -0.2) is 31.5 Å². The van der Waals surface area contributed by atoms with Gasteiger partial charge in [0.05, 0.1) is 12.6 Å². The molecular weight excluding hydrogens is 298 g/mol. The molecule has 2 aromatic rings. The van der Waals surface area contributed by atoms with E-state index in [9.17, 15) is 14.9 Å². The lowest BCUT2D eigenvalue weighted by Gasteiger charge is -2.11. The van der Waals surface area contributed by atoms with Crippen LogP contribution < -0.4 is 10.2 Å². The van der Waals surface area contributed by atoms with Gasteiger partial charge < -0.3 is 14.6 Å². The zero-order valence-electron chi connectivity index (χ0n) is 12.7. The number of nitrogens with zero attached hydrogens (tertiary/aromatic N) is 2. The number of benzene rings is 1. The van der Waals surface area contributed by atoms with Gasteiger partial charge >= 0.3 is 5.88 Å². The van der Waals surface area contributed by atoms with Crippen LogP contribution in [0, 0.1) is 22.0 Å². The third-order valence-electron chi connectivity index (χ3n) is 2.95. The van der Waals surface area contributed by atoms with Gasteiger partial charge in [-0.25, -0.2) is 0 Å². The van der Waals surface area contributed by atoms with Crippen molar-refractivity contribution in [3.63, 3.8) is 0 Å². The highest BCUT2D eigenvalue weighted by atomic mass is 16.6. The Morgan fingerprint density at radius 2 is 1.96 bits per heavy atom. The van der Waals surface area contributed by atoms with Gasteiger partial charge in [0.1, 0.15) is 4.92 Å². The molecule has 0 saturated carbocycles. The van der Waals surface area contributed by atoms with Crippen LogP contribution in [0.25, 0.3) is 0 Å². The Balaban J connectivity index is 1.89. The van der Waals surface area contributed by atoms with Crippen LogP contribution in [0.1, 0.15) is 16.1 Å².